The average Bonchev–Trinajstić information content (AvgIpc) is 3.17. The summed E-state index contributed by atoms with van der Waals surface area (Å²) < 4.78 is 34.6. The molecule has 2 N–H and O–H groups in total. The predicted molar refractivity (Wildman–Crippen MR) is 127 cm³/mol. The van der Waals surface area contributed by atoms with Crippen molar-refractivity contribution in [1.29, 1.82) is 0 Å². The second-order valence-corrected chi connectivity index (χ2v) is 8.66. The molecule has 0 radical (unpaired) electrons. The molecule has 2 aromatic heterocycles. The third-order valence-corrected chi connectivity index (χ3v) is 6.13. The zero-order chi connectivity index (χ0) is 23.7. The molecule has 34 heavy (non-hydrogen) atoms. The average molecular weight is 505 g/mol. The van der Waals surface area contributed by atoms with E-state index in [-0.39, 0.29) is 12.6 Å². The number of fused-ring (bicyclic) bond motifs is 1. The molecule has 1 saturated heterocycles. The smallest absolute Gasteiger partial charge is 0.225 e. The van der Waals surface area contributed by atoms with Crippen molar-refractivity contribution in [3.05, 3.63) is 69.8 Å². The first-order valence-corrected chi connectivity index (χ1v) is 11.4. The van der Waals surface area contributed by atoms with Crippen molar-refractivity contribution in [2.24, 2.45) is 0 Å². The Balaban J connectivity index is 1.52. The van der Waals surface area contributed by atoms with Crippen molar-refractivity contribution in [3.8, 4) is 11.4 Å². The van der Waals surface area contributed by atoms with E-state index in [0.29, 0.717) is 63.8 Å². The van der Waals surface area contributed by atoms with Gasteiger partial charge in [-0.3, -0.25) is 0 Å². The monoisotopic (exact) mass is 504 g/mol. The molecule has 0 amide bonds. The van der Waals surface area contributed by atoms with Gasteiger partial charge in [0.15, 0.2) is 17.3 Å². The molecule has 5 rings (SSSR count). The maximum Gasteiger partial charge on any atom is 0.225 e. The Labute approximate surface area is 204 Å². The molecule has 1 aliphatic heterocycles. The molecule has 0 aliphatic carbocycles. The standard InChI is InChI=1S/C23H20Cl2F2N6O/c24-15-2-1-3-16(25)20(15)22-31-19-11-30-23(29-9-13-4-5-17(26)18(27)8-13)32-21(19)33(22)12-14-10-28-6-7-34-14/h1-5,8,11,14,28H,6-7,9-10,12H2,(H,29,30,32). The van der Waals surface area contributed by atoms with Crippen LogP contribution in [0.4, 0.5) is 14.7 Å². The van der Waals surface area contributed by atoms with E-state index >= 15 is 0 Å². The van der Waals surface area contributed by atoms with Crippen molar-refractivity contribution in [3.63, 3.8) is 0 Å². The summed E-state index contributed by atoms with van der Waals surface area (Å²) >= 11 is 13.0. The number of rotatable bonds is 6. The predicted octanol–water partition coefficient (Wildman–Crippen LogP) is 4.68. The molecular formula is C23H20Cl2F2N6O. The summed E-state index contributed by atoms with van der Waals surface area (Å²) in [5.41, 5.74) is 2.29. The normalized spacial score (nSPS) is 16.2. The number of hydrogen-bond acceptors (Lipinski definition) is 6. The molecule has 1 fully saturated rings. The van der Waals surface area contributed by atoms with Gasteiger partial charge in [0, 0.05) is 19.6 Å². The first-order chi connectivity index (χ1) is 16.5. The van der Waals surface area contributed by atoms with E-state index in [4.69, 9.17) is 32.9 Å². The van der Waals surface area contributed by atoms with Gasteiger partial charge in [0.1, 0.15) is 11.3 Å². The van der Waals surface area contributed by atoms with E-state index < -0.39 is 11.6 Å². The van der Waals surface area contributed by atoms with Crippen LogP contribution in [0, 0.1) is 11.6 Å². The topological polar surface area (TPSA) is 76.9 Å². The number of ether oxygens (including phenoxy) is 1. The van der Waals surface area contributed by atoms with Gasteiger partial charge < -0.3 is 19.9 Å². The maximum absolute atomic E-state index is 13.5. The molecule has 7 nitrogen and oxygen atoms in total. The number of morpholine rings is 1. The van der Waals surface area contributed by atoms with E-state index in [0.717, 1.165) is 18.7 Å². The number of hydrogen-bond donors (Lipinski definition) is 2. The molecule has 3 heterocycles. The van der Waals surface area contributed by atoms with Crippen LogP contribution in [0.3, 0.4) is 0 Å². The first-order valence-electron chi connectivity index (χ1n) is 10.7. The minimum absolute atomic E-state index is 0.0975. The largest absolute Gasteiger partial charge is 0.374 e. The van der Waals surface area contributed by atoms with Crippen molar-refractivity contribution in [2.45, 2.75) is 19.2 Å². The highest BCUT2D eigenvalue weighted by atomic mass is 35.5. The van der Waals surface area contributed by atoms with Crippen LogP contribution >= 0.6 is 23.2 Å². The first kappa shape index (κ1) is 22.9. The van der Waals surface area contributed by atoms with Gasteiger partial charge >= 0.3 is 0 Å². The van der Waals surface area contributed by atoms with Gasteiger partial charge in [-0.25, -0.2) is 18.7 Å². The van der Waals surface area contributed by atoms with Gasteiger partial charge in [-0.15, -0.1) is 0 Å². The van der Waals surface area contributed by atoms with Crippen LogP contribution in [-0.2, 0) is 17.8 Å². The zero-order valence-electron chi connectivity index (χ0n) is 17.9. The zero-order valence-corrected chi connectivity index (χ0v) is 19.4. The lowest BCUT2D eigenvalue weighted by atomic mass is 10.2. The minimum atomic E-state index is -0.906. The number of aromatic nitrogens is 4. The van der Waals surface area contributed by atoms with Crippen molar-refractivity contribution in [1.82, 2.24) is 24.8 Å². The summed E-state index contributed by atoms with van der Waals surface area (Å²) in [4.78, 5) is 13.7. The van der Waals surface area contributed by atoms with Crippen molar-refractivity contribution < 1.29 is 13.5 Å². The third kappa shape index (κ3) is 4.69. The van der Waals surface area contributed by atoms with Gasteiger partial charge in [-0.1, -0.05) is 35.3 Å². The molecule has 1 atom stereocenters. The van der Waals surface area contributed by atoms with E-state index in [1.165, 1.54) is 6.07 Å². The molecular weight excluding hydrogens is 485 g/mol. The van der Waals surface area contributed by atoms with E-state index in [9.17, 15) is 8.78 Å². The maximum atomic E-state index is 13.5. The number of benzene rings is 2. The van der Waals surface area contributed by atoms with Gasteiger partial charge in [-0.05, 0) is 29.8 Å². The van der Waals surface area contributed by atoms with E-state index in [2.05, 4.69) is 20.6 Å². The van der Waals surface area contributed by atoms with Crippen LogP contribution in [0.2, 0.25) is 10.0 Å². The summed E-state index contributed by atoms with van der Waals surface area (Å²) in [5.74, 6) is -0.920. The van der Waals surface area contributed by atoms with Crippen LogP contribution in [-0.4, -0.2) is 45.3 Å². The summed E-state index contributed by atoms with van der Waals surface area (Å²) in [6, 6.07) is 9.01. The Morgan fingerprint density at radius 3 is 2.68 bits per heavy atom. The van der Waals surface area contributed by atoms with Gasteiger partial charge in [0.25, 0.3) is 0 Å². The molecule has 11 heteroatoms. The summed E-state index contributed by atoms with van der Waals surface area (Å²) in [7, 11) is 0. The number of halogens is 4. The van der Waals surface area contributed by atoms with Crippen LogP contribution < -0.4 is 10.6 Å². The number of imidazole rings is 1. The fourth-order valence-corrected chi connectivity index (χ4v) is 4.42. The molecule has 1 unspecified atom stereocenters. The van der Waals surface area contributed by atoms with Crippen LogP contribution in [0.25, 0.3) is 22.6 Å². The van der Waals surface area contributed by atoms with Gasteiger partial charge in [0.05, 0.1) is 41.1 Å². The lowest BCUT2D eigenvalue weighted by Gasteiger charge is -2.25. The Morgan fingerprint density at radius 2 is 1.94 bits per heavy atom. The van der Waals surface area contributed by atoms with Gasteiger partial charge in [0.2, 0.25) is 5.95 Å². The highest BCUT2D eigenvalue weighted by Crippen LogP contribution is 2.36. The van der Waals surface area contributed by atoms with Crippen LogP contribution in [0.5, 0.6) is 0 Å². The number of nitrogens with one attached hydrogen (secondary N) is 2. The molecule has 0 saturated carbocycles. The van der Waals surface area contributed by atoms with Gasteiger partial charge in [-0.2, -0.15) is 4.98 Å². The molecule has 4 aromatic rings. The lowest BCUT2D eigenvalue weighted by molar-refractivity contribution is 0.0190. The van der Waals surface area contributed by atoms with E-state index in [1.54, 1.807) is 24.4 Å². The molecule has 2 aromatic carbocycles. The summed E-state index contributed by atoms with van der Waals surface area (Å²) in [5, 5.41) is 7.31. The second-order valence-electron chi connectivity index (χ2n) is 7.84. The van der Waals surface area contributed by atoms with Crippen LogP contribution in [0.1, 0.15) is 5.56 Å². The second kappa shape index (κ2) is 9.79. The van der Waals surface area contributed by atoms with E-state index in [1.807, 2.05) is 4.57 Å². The molecule has 176 valence electrons. The van der Waals surface area contributed by atoms with Crippen LogP contribution in [0.15, 0.2) is 42.6 Å². The third-order valence-electron chi connectivity index (χ3n) is 5.50. The summed E-state index contributed by atoms with van der Waals surface area (Å²) in [6.45, 7) is 2.78. The number of anilines is 1. The minimum Gasteiger partial charge on any atom is -0.374 e. The quantitative estimate of drug-likeness (QED) is 0.397. The fraction of sp³-hybridized carbons (Fsp3) is 0.261. The SMILES string of the molecule is Fc1ccc(CNc2ncc3nc(-c4c(Cl)cccc4Cl)n(CC4CNCCO4)c3n2)cc1F. The lowest BCUT2D eigenvalue weighted by Crippen LogP contribution is -2.40. The molecule has 0 bridgehead atoms. The Hall–Kier alpha value is -2.85. The van der Waals surface area contributed by atoms with Crippen molar-refractivity contribution in [2.75, 3.05) is 25.0 Å². The Bertz CT molecular complexity index is 1320. The Morgan fingerprint density at radius 1 is 1.12 bits per heavy atom. The highest BCUT2D eigenvalue weighted by Gasteiger charge is 2.23. The molecule has 1 aliphatic rings. The summed E-state index contributed by atoms with van der Waals surface area (Å²) in [6.07, 6.45) is 1.50. The Kier molecular flexibility index (Phi) is 6.60. The number of nitrogens with zero attached hydrogens (tertiary/aromatic N) is 4. The molecule has 0 spiro atoms. The highest BCUT2D eigenvalue weighted by molar-refractivity contribution is 6.39. The fourth-order valence-electron chi connectivity index (χ4n) is 3.85. The van der Waals surface area contributed by atoms with Crippen molar-refractivity contribution >= 4 is 40.3 Å².